The van der Waals surface area contributed by atoms with Gasteiger partial charge < -0.3 is 0 Å². The summed E-state index contributed by atoms with van der Waals surface area (Å²) in [5.74, 6) is 0. The van der Waals surface area contributed by atoms with E-state index in [1.54, 1.807) is 0 Å². The van der Waals surface area contributed by atoms with Crippen molar-refractivity contribution in [2.24, 2.45) is 0 Å². The van der Waals surface area contributed by atoms with E-state index in [-0.39, 0.29) is 7.92 Å². The Morgan fingerprint density at radius 2 is 0.900 bits per heavy atom. The molecule has 0 nitrogen and oxygen atoms in total. The lowest BCUT2D eigenvalue weighted by molar-refractivity contribution is 0.711. The molecule has 0 saturated heterocycles. The summed E-state index contributed by atoms with van der Waals surface area (Å²) in [6, 6.07) is 0. The summed E-state index contributed by atoms with van der Waals surface area (Å²) in [4.78, 5) is 0. The largest absolute Gasteiger partial charge is 0.0988 e. The fourth-order valence-corrected chi connectivity index (χ4v) is 3.02. The average molecular weight is 160 g/mol. The Balaban J connectivity index is 4.23. The van der Waals surface area contributed by atoms with Gasteiger partial charge in [-0.05, 0) is 17.0 Å². The fourth-order valence-electron chi connectivity index (χ4n) is 1.01. The number of hydrogen-bond acceptors (Lipinski definition) is 0. The van der Waals surface area contributed by atoms with Crippen molar-refractivity contribution >= 4 is 7.92 Å². The van der Waals surface area contributed by atoms with Crippen LogP contribution in [0.3, 0.4) is 0 Å². The Bertz CT molecular complexity index is 88.9. The maximum atomic E-state index is 2.40. The van der Waals surface area contributed by atoms with E-state index in [4.69, 9.17) is 0 Å². The minimum absolute atomic E-state index is 0.137. The molecular weight excluding hydrogens is 139 g/mol. The Hall–Kier alpha value is 0.430. The van der Waals surface area contributed by atoms with E-state index in [0.717, 1.165) is 0 Å². The van der Waals surface area contributed by atoms with E-state index >= 15 is 0 Å². The standard InChI is InChI=1S/C9H21P/c1-8(2,3)10(7)9(4,5)6/h1-7H3. The molecule has 0 aromatic carbocycles. The van der Waals surface area contributed by atoms with Crippen LogP contribution in [0.25, 0.3) is 0 Å². The van der Waals surface area contributed by atoms with Crippen LogP contribution in [0.15, 0.2) is 0 Å². The number of hydrogen-bond donors (Lipinski definition) is 0. The lowest BCUT2D eigenvalue weighted by Gasteiger charge is -2.38. The Morgan fingerprint density at radius 3 is 0.900 bits per heavy atom. The smallest absolute Gasteiger partial charge is 0.0177 e. The Kier molecular flexibility index (Phi) is 2.94. The molecule has 0 bridgehead atoms. The van der Waals surface area contributed by atoms with E-state index < -0.39 is 0 Å². The van der Waals surface area contributed by atoms with E-state index in [1.165, 1.54) is 0 Å². The zero-order valence-electron chi connectivity index (χ0n) is 8.45. The van der Waals surface area contributed by atoms with Crippen LogP contribution in [0.4, 0.5) is 0 Å². The highest BCUT2D eigenvalue weighted by Gasteiger charge is 2.29. The molecule has 0 aromatic rings. The van der Waals surface area contributed by atoms with Gasteiger partial charge in [0.1, 0.15) is 0 Å². The third kappa shape index (κ3) is 3.01. The molecule has 0 N–H and O–H groups in total. The first-order valence-electron chi connectivity index (χ1n) is 3.89. The van der Waals surface area contributed by atoms with Crippen molar-refractivity contribution in [1.82, 2.24) is 0 Å². The summed E-state index contributed by atoms with van der Waals surface area (Å²) in [6.07, 6.45) is 0. The molecule has 0 unspecified atom stereocenters. The molecule has 0 aliphatic rings. The van der Waals surface area contributed by atoms with Crippen molar-refractivity contribution in [1.29, 1.82) is 0 Å². The predicted octanol–water partition coefficient (Wildman–Crippen LogP) is 3.70. The highest BCUT2D eigenvalue weighted by molar-refractivity contribution is 7.60. The molecule has 0 aliphatic carbocycles. The van der Waals surface area contributed by atoms with Crippen LogP contribution in [0.5, 0.6) is 0 Å². The maximum absolute atomic E-state index is 2.40. The Morgan fingerprint density at radius 1 is 0.700 bits per heavy atom. The molecule has 0 spiro atoms. The van der Waals surface area contributed by atoms with Gasteiger partial charge >= 0.3 is 0 Å². The summed E-state index contributed by atoms with van der Waals surface area (Å²) in [5, 5.41) is 1.02. The third-order valence-corrected chi connectivity index (χ3v) is 6.04. The van der Waals surface area contributed by atoms with Crippen LogP contribution in [0.1, 0.15) is 41.5 Å². The first-order chi connectivity index (χ1) is 4.15. The van der Waals surface area contributed by atoms with Crippen LogP contribution in [0.2, 0.25) is 0 Å². The van der Waals surface area contributed by atoms with Gasteiger partial charge in [-0.25, -0.2) is 0 Å². The molecule has 0 radical (unpaired) electrons. The van der Waals surface area contributed by atoms with Gasteiger partial charge in [-0.3, -0.25) is 0 Å². The van der Waals surface area contributed by atoms with E-state index in [1.807, 2.05) is 0 Å². The van der Waals surface area contributed by atoms with Crippen molar-refractivity contribution in [2.75, 3.05) is 6.66 Å². The maximum Gasteiger partial charge on any atom is -0.0177 e. The van der Waals surface area contributed by atoms with Crippen LogP contribution in [0, 0.1) is 0 Å². The first kappa shape index (κ1) is 10.4. The fraction of sp³-hybridized carbons (Fsp3) is 1.00. The van der Waals surface area contributed by atoms with Gasteiger partial charge in [-0.2, -0.15) is 0 Å². The van der Waals surface area contributed by atoms with E-state index in [2.05, 4.69) is 48.2 Å². The summed E-state index contributed by atoms with van der Waals surface area (Å²) in [7, 11) is 0.137. The first-order valence-corrected chi connectivity index (χ1v) is 5.68. The zero-order valence-corrected chi connectivity index (χ0v) is 9.34. The third-order valence-electron chi connectivity index (χ3n) is 2.01. The van der Waals surface area contributed by atoms with Crippen molar-refractivity contribution in [3.63, 3.8) is 0 Å². The van der Waals surface area contributed by atoms with Crippen molar-refractivity contribution in [3.8, 4) is 0 Å². The van der Waals surface area contributed by atoms with Crippen molar-refractivity contribution in [3.05, 3.63) is 0 Å². The van der Waals surface area contributed by atoms with Crippen LogP contribution < -0.4 is 0 Å². The molecule has 0 amide bonds. The molecular formula is C9H21P. The summed E-state index contributed by atoms with van der Waals surface area (Å²) >= 11 is 0. The van der Waals surface area contributed by atoms with Gasteiger partial charge in [0.2, 0.25) is 0 Å². The summed E-state index contributed by atoms with van der Waals surface area (Å²) in [6.45, 7) is 16.4. The van der Waals surface area contributed by atoms with Gasteiger partial charge in [0.05, 0.1) is 0 Å². The topological polar surface area (TPSA) is 0 Å². The van der Waals surface area contributed by atoms with Gasteiger partial charge in [-0.15, -0.1) is 0 Å². The van der Waals surface area contributed by atoms with Crippen LogP contribution >= 0.6 is 7.92 Å². The normalized spacial score (nSPS) is 14.4. The van der Waals surface area contributed by atoms with Gasteiger partial charge in [-0.1, -0.05) is 49.5 Å². The molecule has 0 heterocycles. The van der Waals surface area contributed by atoms with Gasteiger partial charge in [0, 0.05) is 0 Å². The van der Waals surface area contributed by atoms with Gasteiger partial charge in [0.15, 0.2) is 0 Å². The zero-order chi connectivity index (χ0) is 8.58. The van der Waals surface area contributed by atoms with E-state index in [0.29, 0.717) is 10.3 Å². The summed E-state index contributed by atoms with van der Waals surface area (Å²) < 4.78 is 0. The molecule has 62 valence electrons. The molecule has 0 saturated carbocycles. The van der Waals surface area contributed by atoms with Crippen LogP contribution in [-0.4, -0.2) is 17.0 Å². The molecule has 0 aromatic heterocycles. The predicted molar refractivity (Wildman–Crippen MR) is 52.4 cm³/mol. The second-order valence-corrected chi connectivity index (χ2v) is 8.70. The molecule has 0 fully saturated rings. The minimum Gasteiger partial charge on any atom is -0.0988 e. The minimum atomic E-state index is 0.137. The Labute approximate surface area is 67.2 Å². The van der Waals surface area contributed by atoms with Crippen molar-refractivity contribution in [2.45, 2.75) is 51.9 Å². The lowest BCUT2D eigenvalue weighted by Crippen LogP contribution is -2.23. The SMILES string of the molecule is CP(C(C)(C)C)C(C)(C)C. The molecule has 0 aliphatic heterocycles. The van der Waals surface area contributed by atoms with Crippen molar-refractivity contribution < 1.29 is 0 Å². The van der Waals surface area contributed by atoms with Crippen LogP contribution in [-0.2, 0) is 0 Å². The molecule has 0 atom stereocenters. The summed E-state index contributed by atoms with van der Waals surface area (Å²) in [5.41, 5.74) is 0. The second kappa shape index (κ2) is 2.81. The number of rotatable bonds is 0. The second-order valence-electron chi connectivity index (χ2n) is 4.90. The highest BCUT2D eigenvalue weighted by Crippen LogP contribution is 2.55. The average Bonchev–Trinajstić information content (AvgIpc) is 1.59. The van der Waals surface area contributed by atoms with E-state index in [9.17, 15) is 0 Å². The monoisotopic (exact) mass is 160 g/mol. The molecule has 10 heavy (non-hydrogen) atoms. The van der Waals surface area contributed by atoms with Gasteiger partial charge in [0.25, 0.3) is 0 Å². The highest BCUT2D eigenvalue weighted by atomic mass is 31.1. The quantitative estimate of drug-likeness (QED) is 0.474. The molecule has 0 rings (SSSR count). The molecule has 1 heteroatoms. The lowest BCUT2D eigenvalue weighted by atomic mass is 10.2.